The van der Waals surface area contributed by atoms with Gasteiger partial charge in [0.1, 0.15) is 0 Å². The summed E-state index contributed by atoms with van der Waals surface area (Å²) in [6.07, 6.45) is 46.3. The number of carbonyl (C=O) groups excluding carboxylic acids is 2. The van der Waals surface area contributed by atoms with Crippen molar-refractivity contribution in [3.8, 4) is 0 Å². The van der Waals surface area contributed by atoms with Crippen LogP contribution in [0.4, 0.5) is 5.69 Å². The summed E-state index contributed by atoms with van der Waals surface area (Å²) < 4.78 is 37.7. The average molecular weight is 1520 g/mol. The number of likely N-dealkylation sites (N-methyl/N-ethyl adjacent to an activating group) is 4. The summed E-state index contributed by atoms with van der Waals surface area (Å²) in [5.74, 6) is -6.64. The highest BCUT2D eigenvalue weighted by atomic mass is 32.2. The smallest absolute Gasteiger partial charge is 0.355 e. The van der Waals surface area contributed by atoms with E-state index in [1.54, 1.807) is 88.2 Å². The number of sulfonamides is 1. The molecule has 7 N–H and O–H groups in total. The standard InChI is InChI=1S/C23H37NO4.C21H32N2O2S.C19H29NO4.4C4H9NO2/c1-2-3-4-5-6-7-8-9-10-11-12-13-14-15-19-28-23(27)20-17-16-18-24-21(20)22(25)26;1-2-3-4-5-6-7-8-9-10-11-18-26(24,25)23-20-16-12-14-19-15-13-17-22-21(19)20;1-2-3-4-5-6-7-8-9-10-11-15-24-19(23)16-13-12-14-20-17(16)18(21)22;4*1-5(2)3-4(6)7/h16-18H,2-15,19H2,1H3,(H,25,26);12-17,23H,2-11,18H2,1H3;12-14H,2-11,15H2,1H3,(H,21,22);4*3H2,1-2H3,(H,6,7). The highest BCUT2D eigenvalue weighted by molar-refractivity contribution is 7.92. The van der Waals surface area contributed by atoms with Crippen molar-refractivity contribution in [3.05, 3.63) is 95.7 Å². The topological polar surface area (TPSA) is 374 Å². The van der Waals surface area contributed by atoms with Crippen LogP contribution < -0.4 is 4.72 Å². The molecule has 0 radical (unpaired) electrons. The Hall–Kier alpha value is -7.72. The van der Waals surface area contributed by atoms with Gasteiger partial charge in [0.05, 0.1) is 67.5 Å². The first-order chi connectivity index (χ1) is 50.5. The largest absolute Gasteiger partial charge is 0.480 e. The lowest BCUT2D eigenvalue weighted by molar-refractivity contribution is -0.138. The predicted octanol–water partition coefficient (Wildman–Crippen LogP) is 15.7. The number of pyridine rings is 3. The van der Waals surface area contributed by atoms with Gasteiger partial charge in [-0.2, -0.15) is 0 Å². The monoisotopic (exact) mass is 1510 g/mol. The second-order valence-electron chi connectivity index (χ2n) is 27.0. The normalized spacial score (nSPS) is 10.6. The third-order valence-electron chi connectivity index (χ3n) is 15.4. The number of para-hydroxylation sites is 1. The van der Waals surface area contributed by atoms with Gasteiger partial charge in [-0.25, -0.2) is 37.6 Å². The lowest BCUT2D eigenvalue weighted by atomic mass is 10.0. The molecule has 3 heterocycles. The zero-order chi connectivity index (χ0) is 80.2. The van der Waals surface area contributed by atoms with E-state index in [4.69, 9.17) is 40.1 Å². The summed E-state index contributed by atoms with van der Waals surface area (Å²) in [6, 6.07) is 15.3. The van der Waals surface area contributed by atoms with Crippen molar-refractivity contribution in [2.24, 2.45) is 0 Å². The van der Waals surface area contributed by atoms with E-state index in [-0.39, 0.29) is 54.4 Å². The minimum Gasteiger partial charge on any atom is -0.480 e. The van der Waals surface area contributed by atoms with E-state index < -0.39 is 57.8 Å². The Morgan fingerprint density at radius 1 is 0.358 bits per heavy atom. The summed E-state index contributed by atoms with van der Waals surface area (Å²) in [5.41, 5.74) is 0.772. The van der Waals surface area contributed by atoms with E-state index in [9.17, 15) is 46.8 Å². The molecule has 26 nitrogen and oxygen atoms in total. The van der Waals surface area contributed by atoms with Gasteiger partial charge in [-0.1, -0.05) is 238 Å². The highest BCUT2D eigenvalue weighted by Gasteiger charge is 2.20. The minimum absolute atomic E-state index is 0.0112. The van der Waals surface area contributed by atoms with Crippen LogP contribution in [0.5, 0.6) is 0 Å². The fourth-order valence-electron chi connectivity index (χ4n) is 10.1. The third-order valence-corrected chi connectivity index (χ3v) is 16.8. The van der Waals surface area contributed by atoms with E-state index in [2.05, 4.69) is 40.4 Å². The SMILES string of the molecule is CCCCCCCCCCCCCCCCOC(=O)c1cccnc1C(=O)O.CCCCCCCCCCCCOC(=O)c1cccnc1C(=O)O.CCCCCCCCCCCCS(=O)(=O)Nc1cccc2cccnc12.CN(C)CC(=O)O.CN(C)CC(=O)O.CN(C)CC(=O)O.CN(C)CC(=O)O. The molecule has 3 aromatic heterocycles. The molecule has 1 aromatic carbocycles. The number of hydrogen-bond acceptors (Lipinski definition) is 19. The van der Waals surface area contributed by atoms with Gasteiger partial charge in [0.15, 0.2) is 11.4 Å². The van der Waals surface area contributed by atoms with Gasteiger partial charge in [0, 0.05) is 24.0 Å². The van der Waals surface area contributed by atoms with Crippen LogP contribution in [0.25, 0.3) is 10.9 Å². The number of hydrogen-bond donors (Lipinski definition) is 7. The maximum Gasteiger partial charge on any atom is 0.355 e. The molecule has 604 valence electrons. The fourth-order valence-corrected chi connectivity index (χ4v) is 11.3. The second-order valence-corrected chi connectivity index (χ2v) is 28.8. The first-order valence-electron chi connectivity index (χ1n) is 38.0. The summed E-state index contributed by atoms with van der Waals surface area (Å²) >= 11 is 0. The van der Waals surface area contributed by atoms with Crippen molar-refractivity contribution in [3.63, 3.8) is 0 Å². The number of fused-ring (bicyclic) bond motifs is 1. The lowest BCUT2D eigenvalue weighted by Crippen LogP contribution is -2.20. The molecule has 4 aromatic rings. The number of aromatic nitrogens is 3. The lowest BCUT2D eigenvalue weighted by Gasteiger charge is -2.10. The molecule has 0 aliphatic carbocycles. The zero-order valence-corrected chi connectivity index (χ0v) is 66.9. The van der Waals surface area contributed by atoms with Crippen LogP contribution in [0.3, 0.4) is 0 Å². The van der Waals surface area contributed by atoms with E-state index in [0.29, 0.717) is 30.8 Å². The number of ether oxygens (including phenoxy) is 2. The van der Waals surface area contributed by atoms with Gasteiger partial charge in [-0.3, -0.25) is 48.5 Å². The molecular formula is C79H134N8O18S. The number of nitrogens with zero attached hydrogens (tertiary/aromatic N) is 7. The molecule has 106 heavy (non-hydrogen) atoms. The van der Waals surface area contributed by atoms with E-state index in [1.165, 1.54) is 197 Å². The van der Waals surface area contributed by atoms with Gasteiger partial charge >= 0.3 is 47.8 Å². The maximum atomic E-state index is 12.3. The van der Waals surface area contributed by atoms with Gasteiger partial charge < -0.3 is 40.1 Å². The summed E-state index contributed by atoms with van der Waals surface area (Å²) in [6.45, 7) is 7.81. The van der Waals surface area contributed by atoms with Gasteiger partial charge in [0.25, 0.3) is 0 Å². The molecule has 0 aliphatic rings. The Labute approximate surface area is 633 Å². The molecule has 0 unspecified atom stereocenters. The first kappa shape index (κ1) is 102. The number of aromatic carboxylic acids is 2. The summed E-state index contributed by atoms with van der Waals surface area (Å²) in [5, 5.41) is 51.2. The number of benzene rings is 1. The van der Waals surface area contributed by atoms with Crippen molar-refractivity contribution in [1.82, 2.24) is 34.6 Å². The van der Waals surface area contributed by atoms with Crippen molar-refractivity contribution >= 4 is 74.4 Å². The molecule has 27 heteroatoms. The van der Waals surface area contributed by atoms with Crippen LogP contribution in [0, 0.1) is 0 Å². The summed E-state index contributed by atoms with van der Waals surface area (Å²) in [4.78, 5) is 103. The molecule has 0 saturated heterocycles. The van der Waals surface area contributed by atoms with E-state index in [1.807, 2.05) is 24.3 Å². The Morgan fingerprint density at radius 2 is 0.623 bits per heavy atom. The zero-order valence-electron chi connectivity index (χ0n) is 66.0. The molecule has 0 amide bonds. The van der Waals surface area contributed by atoms with Crippen molar-refractivity contribution in [2.45, 2.75) is 239 Å². The molecule has 0 fully saturated rings. The van der Waals surface area contributed by atoms with Crippen LogP contribution in [-0.2, 0) is 38.7 Å². The van der Waals surface area contributed by atoms with Crippen LogP contribution in [0.2, 0.25) is 0 Å². The Morgan fingerprint density at radius 3 is 0.896 bits per heavy atom. The number of nitrogens with one attached hydrogen (secondary N) is 1. The van der Waals surface area contributed by atoms with Crippen LogP contribution in [0.15, 0.2) is 73.2 Å². The average Bonchev–Trinajstić information content (AvgIpc) is 0.826. The number of carboxylic acids is 6. The van der Waals surface area contributed by atoms with Crippen molar-refractivity contribution in [2.75, 3.05) is 106 Å². The van der Waals surface area contributed by atoms with Crippen LogP contribution >= 0.6 is 0 Å². The molecule has 0 saturated carbocycles. The molecule has 0 spiro atoms. The van der Waals surface area contributed by atoms with Gasteiger partial charge in [-0.05, 0) is 112 Å². The van der Waals surface area contributed by atoms with Gasteiger partial charge in [-0.15, -0.1) is 0 Å². The van der Waals surface area contributed by atoms with E-state index in [0.717, 1.165) is 56.8 Å². The number of aliphatic carboxylic acids is 4. The van der Waals surface area contributed by atoms with E-state index >= 15 is 0 Å². The number of unbranched alkanes of at least 4 members (excludes halogenated alkanes) is 31. The van der Waals surface area contributed by atoms with Crippen molar-refractivity contribution in [1.29, 1.82) is 0 Å². The maximum absolute atomic E-state index is 12.3. The fraction of sp³-hybridized carbons (Fsp3) is 0.658. The number of carbonyl (C=O) groups is 8. The molecular weight excluding hydrogens is 1380 g/mol. The van der Waals surface area contributed by atoms with Crippen LogP contribution in [0.1, 0.15) is 281 Å². The van der Waals surface area contributed by atoms with Crippen molar-refractivity contribution < 1.29 is 86.9 Å². The number of anilines is 1. The molecule has 0 bridgehead atoms. The second kappa shape index (κ2) is 69.0. The number of rotatable bonds is 51. The summed E-state index contributed by atoms with van der Waals surface area (Å²) in [7, 11) is 10.4. The molecule has 0 aliphatic heterocycles. The number of esters is 2. The minimum atomic E-state index is -3.32. The Bertz CT molecular complexity index is 2980. The highest BCUT2D eigenvalue weighted by Crippen LogP contribution is 2.23. The Kier molecular flexibility index (Phi) is 66.7. The first-order valence-corrected chi connectivity index (χ1v) is 39.6. The number of carboxylic acid groups (broad SMARTS) is 6. The molecule has 4 rings (SSSR count). The predicted molar refractivity (Wildman–Crippen MR) is 421 cm³/mol. The Balaban J connectivity index is -0.00000127. The third kappa shape index (κ3) is 65.8. The van der Waals surface area contributed by atoms with Crippen LogP contribution in [-0.4, -0.2) is 223 Å². The quantitative estimate of drug-likeness (QED) is 0.0159. The van der Waals surface area contributed by atoms with Gasteiger partial charge in [0.2, 0.25) is 10.0 Å². The molecule has 0 atom stereocenters.